The van der Waals surface area contributed by atoms with Gasteiger partial charge >= 0.3 is 0 Å². The van der Waals surface area contributed by atoms with Gasteiger partial charge in [-0.1, -0.05) is 75.8 Å². The molecule has 0 bridgehead atoms. The highest BCUT2D eigenvalue weighted by Gasteiger charge is 1.98. The molecule has 0 radical (unpaired) electrons. The summed E-state index contributed by atoms with van der Waals surface area (Å²) in [6, 6.07) is 18.7. The first-order chi connectivity index (χ1) is 11.9. The van der Waals surface area contributed by atoms with E-state index in [0.29, 0.717) is 0 Å². The smallest absolute Gasteiger partial charge is 0.119 e. The van der Waals surface area contributed by atoms with Crippen LogP contribution in [-0.2, 0) is 6.54 Å². The van der Waals surface area contributed by atoms with Crippen LogP contribution in [0.15, 0.2) is 54.6 Å². The van der Waals surface area contributed by atoms with Gasteiger partial charge in [-0.15, -0.1) is 0 Å². The molecule has 2 aromatic carbocycles. The first-order valence-corrected chi connectivity index (χ1v) is 9.39. The van der Waals surface area contributed by atoms with E-state index >= 15 is 0 Å². The molecule has 1 N–H and O–H groups in total. The van der Waals surface area contributed by atoms with Crippen molar-refractivity contribution >= 4 is 5.69 Å². The molecule has 2 rings (SSSR count). The molecule has 0 heterocycles. The Hall–Kier alpha value is -1.96. The third-order valence-electron chi connectivity index (χ3n) is 4.19. The topological polar surface area (TPSA) is 21.3 Å². The zero-order valence-electron chi connectivity index (χ0n) is 15.0. The summed E-state index contributed by atoms with van der Waals surface area (Å²) in [4.78, 5) is 0. The summed E-state index contributed by atoms with van der Waals surface area (Å²) >= 11 is 0. The van der Waals surface area contributed by atoms with Gasteiger partial charge in [0.25, 0.3) is 0 Å². The summed E-state index contributed by atoms with van der Waals surface area (Å²) in [5.41, 5.74) is 2.39. The zero-order valence-corrected chi connectivity index (χ0v) is 15.0. The first-order valence-electron chi connectivity index (χ1n) is 9.39. The van der Waals surface area contributed by atoms with Crippen molar-refractivity contribution in [3.05, 3.63) is 60.2 Å². The number of rotatable bonds is 12. The second-order valence-corrected chi connectivity index (χ2v) is 6.34. The highest BCUT2D eigenvalue weighted by Crippen LogP contribution is 2.16. The van der Waals surface area contributed by atoms with Crippen molar-refractivity contribution < 1.29 is 4.74 Å². The molecule has 2 aromatic rings. The third-order valence-corrected chi connectivity index (χ3v) is 4.19. The van der Waals surface area contributed by atoms with Gasteiger partial charge in [0.05, 0.1) is 6.61 Å². The molecule has 0 spiro atoms. The number of para-hydroxylation sites is 1. The molecule has 2 nitrogen and oxygen atoms in total. The average Bonchev–Trinajstić information content (AvgIpc) is 2.63. The van der Waals surface area contributed by atoms with Crippen molar-refractivity contribution in [3.63, 3.8) is 0 Å². The normalized spacial score (nSPS) is 10.5. The summed E-state index contributed by atoms with van der Waals surface area (Å²) in [6.45, 7) is 3.90. The minimum Gasteiger partial charge on any atom is -0.494 e. The van der Waals surface area contributed by atoms with Gasteiger partial charge in [-0.3, -0.25) is 0 Å². The number of hydrogen-bond acceptors (Lipinski definition) is 2. The number of hydrogen-bond donors (Lipinski definition) is 1. The van der Waals surface area contributed by atoms with Crippen molar-refractivity contribution in [1.82, 2.24) is 0 Å². The maximum atomic E-state index is 5.90. The van der Waals surface area contributed by atoms with Gasteiger partial charge in [0.2, 0.25) is 0 Å². The Morgan fingerprint density at radius 1 is 0.792 bits per heavy atom. The van der Waals surface area contributed by atoms with E-state index in [4.69, 9.17) is 4.74 Å². The predicted molar refractivity (Wildman–Crippen MR) is 104 cm³/mol. The lowest BCUT2D eigenvalue weighted by atomic mass is 10.1. The van der Waals surface area contributed by atoms with Crippen LogP contribution in [0.5, 0.6) is 5.75 Å². The molecule has 0 aliphatic carbocycles. The summed E-state index contributed by atoms with van der Waals surface area (Å²) in [7, 11) is 0. The monoisotopic (exact) mass is 325 g/mol. The number of unbranched alkanes of at least 4 members (excludes halogenated alkanes) is 6. The Balaban J connectivity index is 1.63. The van der Waals surface area contributed by atoms with Gasteiger partial charge in [0, 0.05) is 12.2 Å². The molecule has 0 saturated heterocycles. The third kappa shape index (κ3) is 7.54. The Morgan fingerprint density at radius 3 is 2.33 bits per heavy atom. The maximum absolute atomic E-state index is 5.90. The van der Waals surface area contributed by atoms with Gasteiger partial charge in [-0.2, -0.15) is 0 Å². The van der Waals surface area contributed by atoms with Gasteiger partial charge in [0.1, 0.15) is 5.75 Å². The Kier molecular flexibility index (Phi) is 8.85. The molecule has 130 valence electrons. The van der Waals surface area contributed by atoms with E-state index in [-0.39, 0.29) is 0 Å². The molecular formula is C22H31NO. The van der Waals surface area contributed by atoms with Crippen LogP contribution in [0.25, 0.3) is 0 Å². The molecule has 0 saturated carbocycles. The van der Waals surface area contributed by atoms with Crippen LogP contribution in [0.4, 0.5) is 5.69 Å². The van der Waals surface area contributed by atoms with Crippen LogP contribution >= 0.6 is 0 Å². The molecule has 0 aliphatic heterocycles. The second kappa shape index (κ2) is 11.6. The Morgan fingerprint density at radius 2 is 1.54 bits per heavy atom. The summed E-state index contributed by atoms with van der Waals surface area (Å²) in [5.74, 6) is 0.980. The van der Waals surface area contributed by atoms with E-state index in [1.807, 2.05) is 24.3 Å². The molecule has 0 amide bonds. The number of nitrogens with one attached hydrogen (secondary N) is 1. The van der Waals surface area contributed by atoms with E-state index in [9.17, 15) is 0 Å². The van der Waals surface area contributed by atoms with Crippen molar-refractivity contribution in [2.24, 2.45) is 0 Å². The standard InChI is InChI=1S/C22H31NO/c1-2-3-4-5-6-7-11-17-24-22-16-12-13-20(18-22)19-23-21-14-9-8-10-15-21/h8-10,12-16,18,23H,2-7,11,17,19H2,1H3. The second-order valence-electron chi connectivity index (χ2n) is 6.34. The lowest BCUT2D eigenvalue weighted by Gasteiger charge is -2.10. The quantitative estimate of drug-likeness (QED) is 0.454. The molecule has 24 heavy (non-hydrogen) atoms. The van der Waals surface area contributed by atoms with Crippen LogP contribution in [0.3, 0.4) is 0 Å². The minimum atomic E-state index is 0.818. The lowest BCUT2D eigenvalue weighted by molar-refractivity contribution is 0.304. The summed E-state index contributed by atoms with van der Waals surface area (Å²) in [5, 5.41) is 3.43. The van der Waals surface area contributed by atoms with E-state index in [1.54, 1.807) is 0 Å². The van der Waals surface area contributed by atoms with E-state index in [0.717, 1.165) is 31.0 Å². The van der Waals surface area contributed by atoms with Crippen LogP contribution in [0.2, 0.25) is 0 Å². The van der Waals surface area contributed by atoms with Gasteiger partial charge < -0.3 is 10.1 Å². The largest absolute Gasteiger partial charge is 0.494 e. The maximum Gasteiger partial charge on any atom is 0.119 e. The van der Waals surface area contributed by atoms with Gasteiger partial charge in [-0.25, -0.2) is 0 Å². The summed E-state index contributed by atoms with van der Waals surface area (Å²) < 4.78 is 5.90. The van der Waals surface area contributed by atoms with Crippen LogP contribution < -0.4 is 10.1 Å². The molecule has 0 unspecified atom stereocenters. The molecule has 0 aromatic heterocycles. The number of benzene rings is 2. The lowest BCUT2D eigenvalue weighted by Crippen LogP contribution is -2.01. The fourth-order valence-corrected chi connectivity index (χ4v) is 2.75. The van der Waals surface area contributed by atoms with Crippen molar-refractivity contribution in [3.8, 4) is 5.75 Å². The molecule has 0 aliphatic rings. The van der Waals surface area contributed by atoms with Crippen LogP contribution in [0.1, 0.15) is 57.4 Å². The fourth-order valence-electron chi connectivity index (χ4n) is 2.75. The van der Waals surface area contributed by atoms with Crippen LogP contribution in [-0.4, -0.2) is 6.61 Å². The van der Waals surface area contributed by atoms with E-state index in [2.05, 4.69) is 42.6 Å². The first kappa shape index (κ1) is 18.4. The van der Waals surface area contributed by atoms with Crippen LogP contribution in [0, 0.1) is 0 Å². The van der Waals surface area contributed by atoms with Crippen molar-refractivity contribution in [1.29, 1.82) is 0 Å². The number of ether oxygens (including phenoxy) is 1. The molecule has 2 heteroatoms. The summed E-state index contributed by atoms with van der Waals surface area (Å²) in [6.07, 6.45) is 9.21. The Bertz CT molecular complexity index is 553. The molecular weight excluding hydrogens is 294 g/mol. The molecule has 0 fully saturated rings. The SMILES string of the molecule is CCCCCCCCCOc1cccc(CNc2ccccc2)c1. The van der Waals surface area contributed by atoms with Gasteiger partial charge in [0.15, 0.2) is 0 Å². The predicted octanol–water partition coefficient (Wildman–Crippen LogP) is 6.43. The van der Waals surface area contributed by atoms with E-state index < -0.39 is 0 Å². The zero-order chi connectivity index (χ0) is 16.9. The van der Waals surface area contributed by atoms with Gasteiger partial charge in [-0.05, 0) is 36.2 Å². The molecule has 0 atom stereocenters. The highest BCUT2D eigenvalue weighted by molar-refractivity contribution is 5.43. The minimum absolute atomic E-state index is 0.818. The Labute approximate surface area is 147 Å². The van der Waals surface area contributed by atoms with Crippen molar-refractivity contribution in [2.75, 3.05) is 11.9 Å². The van der Waals surface area contributed by atoms with E-state index in [1.165, 1.54) is 44.1 Å². The van der Waals surface area contributed by atoms with Crippen molar-refractivity contribution in [2.45, 2.75) is 58.4 Å². The number of anilines is 1. The average molecular weight is 325 g/mol. The fraction of sp³-hybridized carbons (Fsp3) is 0.455. The highest BCUT2D eigenvalue weighted by atomic mass is 16.5.